The molecule has 3 atom stereocenters. The van der Waals surface area contributed by atoms with E-state index in [1.165, 1.54) is 0 Å². The molecule has 2 rings (SSSR count). The molecule has 2 fully saturated rings. The smallest absolute Gasteiger partial charge is 0.307 e. The van der Waals surface area contributed by atoms with Crippen molar-refractivity contribution in [1.82, 2.24) is 9.21 Å². The first kappa shape index (κ1) is 16.2. The summed E-state index contributed by atoms with van der Waals surface area (Å²) in [5, 5.41) is 14.3. The van der Waals surface area contributed by atoms with Gasteiger partial charge in [-0.25, -0.2) is 5.14 Å². The lowest BCUT2D eigenvalue weighted by atomic mass is 9.94. The lowest BCUT2D eigenvalue weighted by Gasteiger charge is -2.35. The Hall–Kier alpha value is -1.19. The number of nitrogens with zero attached hydrogens (tertiary/aromatic N) is 2. The average Bonchev–Trinajstić information content (AvgIpc) is 2.79. The molecule has 0 spiro atoms. The monoisotopic (exact) mass is 319 g/mol. The van der Waals surface area contributed by atoms with Crippen molar-refractivity contribution in [2.45, 2.75) is 19.8 Å². The molecule has 2 aliphatic rings. The van der Waals surface area contributed by atoms with Crippen molar-refractivity contribution < 1.29 is 23.1 Å². The Morgan fingerprint density at radius 1 is 1.10 bits per heavy atom. The first-order valence-electron chi connectivity index (χ1n) is 6.99. The van der Waals surface area contributed by atoms with Crippen LogP contribution in [0.5, 0.6) is 0 Å². The SMILES string of the molecule is CC1CC(C(=O)O)C(C(=O)N2CCN(S(N)(=O)=O)CC2)C1. The molecule has 3 N–H and O–H groups in total. The zero-order valence-corrected chi connectivity index (χ0v) is 12.8. The van der Waals surface area contributed by atoms with Crippen LogP contribution in [0.25, 0.3) is 0 Å². The Kier molecular flexibility index (Phi) is 4.54. The molecule has 120 valence electrons. The van der Waals surface area contributed by atoms with Gasteiger partial charge >= 0.3 is 5.97 Å². The molecule has 8 nitrogen and oxygen atoms in total. The molecule has 1 amide bonds. The molecule has 1 heterocycles. The minimum Gasteiger partial charge on any atom is -0.481 e. The molecule has 1 aliphatic heterocycles. The number of carbonyl (C=O) groups is 2. The third-order valence-electron chi connectivity index (χ3n) is 4.34. The van der Waals surface area contributed by atoms with E-state index in [9.17, 15) is 23.1 Å². The highest BCUT2D eigenvalue weighted by Crippen LogP contribution is 2.37. The second-order valence-corrected chi connectivity index (χ2v) is 7.44. The van der Waals surface area contributed by atoms with Crippen LogP contribution >= 0.6 is 0 Å². The summed E-state index contributed by atoms with van der Waals surface area (Å²) in [5.41, 5.74) is 0. The third kappa shape index (κ3) is 3.53. The summed E-state index contributed by atoms with van der Waals surface area (Å²) in [6.07, 6.45) is 1.09. The van der Waals surface area contributed by atoms with E-state index >= 15 is 0 Å². The van der Waals surface area contributed by atoms with Crippen molar-refractivity contribution in [3.63, 3.8) is 0 Å². The van der Waals surface area contributed by atoms with Gasteiger partial charge in [-0.2, -0.15) is 12.7 Å². The Bertz CT molecular complexity index is 527. The Morgan fingerprint density at radius 3 is 2.10 bits per heavy atom. The van der Waals surface area contributed by atoms with Crippen molar-refractivity contribution in [2.75, 3.05) is 26.2 Å². The van der Waals surface area contributed by atoms with Crippen molar-refractivity contribution in [1.29, 1.82) is 0 Å². The summed E-state index contributed by atoms with van der Waals surface area (Å²) >= 11 is 0. The molecular formula is C12H21N3O5S. The number of aliphatic carboxylic acids is 1. The van der Waals surface area contributed by atoms with Crippen LogP contribution in [-0.2, 0) is 19.8 Å². The summed E-state index contributed by atoms with van der Waals surface area (Å²) in [4.78, 5) is 25.3. The van der Waals surface area contributed by atoms with Gasteiger partial charge in [0.25, 0.3) is 10.2 Å². The van der Waals surface area contributed by atoms with Gasteiger partial charge in [-0.3, -0.25) is 9.59 Å². The average molecular weight is 319 g/mol. The van der Waals surface area contributed by atoms with E-state index in [4.69, 9.17) is 5.14 Å². The second kappa shape index (κ2) is 5.90. The van der Waals surface area contributed by atoms with Gasteiger partial charge < -0.3 is 10.0 Å². The quantitative estimate of drug-likeness (QED) is 0.697. The lowest BCUT2D eigenvalue weighted by molar-refractivity contribution is -0.149. The number of carboxylic acids is 1. The van der Waals surface area contributed by atoms with Crippen LogP contribution in [0.3, 0.4) is 0 Å². The number of amides is 1. The molecule has 0 aromatic carbocycles. The molecule has 0 radical (unpaired) electrons. The van der Waals surface area contributed by atoms with Gasteiger partial charge in [0.15, 0.2) is 0 Å². The summed E-state index contributed by atoms with van der Waals surface area (Å²) in [6.45, 7) is 2.77. The molecule has 1 saturated carbocycles. The third-order valence-corrected chi connectivity index (χ3v) is 5.43. The predicted octanol–water partition coefficient (Wildman–Crippen LogP) is -0.919. The van der Waals surface area contributed by atoms with Crippen LogP contribution in [0.15, 0.2) is 0 Å². The summed E-state index contributed by atoms with van der Waals surface area (Å²) < 4.78 is 23.6. The van der Waals surface area contributed by atoms with Crippen molar-refractivity contribution in [2.24, 2.45) is 22.9 Å². The molecule has 0 aromatic heterocycles. The maximum Gasteiger partial charge on any atom is 0.307 e. The van der Waals surface area contributed by atoms with E-state index in [-0.39, 0.29) is 38.0 Å². The zero-order valence-electron chi connectivity index (χ0n) is 11.9. The van der Waals surface area contributed by atoms with Crippen LogP contribution in [0.1, 0.15) is 19.8 Å². The molecule has 3 unspecified atom stereocenters. The lowest BCUT2D eigenvalue weighted by Crippen LogP contribution is -2.53. The Labute approximate surface area is 124 Å². The number of piperazine rings is 1. The van der Waals surface area contributed by atoms with Gasteiger partial charge in [0.05, 0.1) is 11.8 Å². The fourth-order valence-electron chi connectivity index (χ4n) is 3.24. The highest BCUT2D eigenvalue weighted by Gasteiger charge is 2.43. The van der Waals surface area contributed by atoms with Gasteiger partial charge in [-0.15, -0.1) is 0 Å². The maximum absolute atomic E-state index is 12.5. The number of carboxylic acid groups (broad SMARTS) is 1. The number of hydrogen-bond acceptors (Lipinski definition) is 4. The number of hydrogen-bond donors (Lipinski definition) is 2. The molecule has 1 aliphatic carbocycles. The van der Waals surface area contributed by atoms with Gasteiger partial charge in [-0.1, -0.05) is 6.92 Å². The Morgan fingerprint density at radius 2 is 1.62 bits per heavy atom. The Balaban J connectivity index is 2.00. The van der Waals surface area contributed by atoms with Crippen LogP contribution in [-0.4, -0.2) is 60.8 Å². The van der Waals surface area contributed by atoms with Crippen molar-refractivity contribution >= 4 is 22.1 Å². The fraction of sp³-hybridized carbons (Fsp3) is 0.833. The predicted molar refractivity (Wildman–Crippen MR) is 74.3 cm³/mol. The highest BCUT2D eigenvalue weighted by molar-refractivity contribution is 7.86. The number of rotatable bonds is 3. The summed E-state index contributed by atoms with van der Waals surface area (Å²) in [5.74, 6) is -2.03. The molecule has 9 heteroatoms. The van der Waals surface area contributed by atoms with Gasteiger partial charge in [0.2, 0.25) is 5.91 Å². The van der Waals surface area contributed by atoms with Crippen LogP contribution in [0.2, 0.25) is 0 Å². The summed E-state index contributed by atoms with van der Waals surface area (Å²) in [7, 11) is -3.73. The van der Waals surface area contributed by atoms with Gasteiger partial charge in [0, 0.05) is 26.2 Å². The maximum atomic E-state index is 12.5. The van der Waals surface area contributed by atoms with Crippen LogP contribution < -0.4 is 5.14 Å². The van der Waals surface area contributed by atoms with E-state index in [1.54, 1.807) is 4.90 Å². The highest BCUT2D eigenvalue weighted by atomic mass is 32.2. The first-order chi connectivity index (χ1) is 9.70. The minimum atomic E-state index is -3.73. The van der Waals surface area contributed by atoms with E-state index in [0.29, 0.717) is 12.8 Å². The van der Waals surface area contributed by atoms with Crippen molar-refractivity contribution in [3.8, 4) is 0 Å². The van der Waals surface area contributed by atoms with E-state index < -0.39 is 28.0 Å². The van der Waals surface area contributed by atoms with Gasteiger partial charge in [-0.05, 0) is 18.8 Å². The standard InChI is InChI=1S/C12H21N3O5S/c1-8-6-9(10(7-8)12(17)18)11(16)14-2-4-15(5-3-14)21(13,19)20/h8-10H,2-7H2,1H3,(H,17,18)(H2,13,19,20). The van der Waals surface area contributed by atoms with E-state index in [0.717, 1.165) is 4.31 Å². The normalized spacial score (nSPS) is 31.3. The molecular weight excluding hydrogens is 298 g/mol. The van der Waals surface area contributed by atoms with E-state index in [2.05, 4.69) is 0 Å². The fourth-order valence-corrected chi connectivity index (χ4v) is 3.91. The topological polar surface area (TPSA) is 121 Å². The first-order valence-corrected chi connectivity index (χ1v) is 8.50. The zero-order chi connectivity index (χ0) is 15.8. The number of carbonyl (C=O) groups excluding carboxylic acids is 1. The molecule has 0 bridgehead atoms. The molecule has 21 heavy (non-hydrogen) atoms. The van der Waals surface area contributed by atoms with E-state index in [1.807, 2.05) is 6.92 Å². The summed E-state index contributed by atoms with van der Waals surface area (Å²) in [6, 6.07) is 0. The number of nitrogens with two attached hydrogens (primary N) is 1. The van der Waals surface area contributed by atoms with Crippen molar-refractivity contribution in [3.05, 3.63) is 0 Å². The molecule has 1 saturated heterocycles. The van der Waals surface area contributed by atoms with Crippen LogP contribution in [0, 0.1) is 17.8 Å². The minimum absolute atomic E-state index is 0.157. The van der Waals surface area contributed by atoms with Gasteiger partial charge in [0.1, 0.15) is 0 Å². The largest absolute Gasteiger partial charge is 0.481 e. The molecule has 0 aromatic rings. The van der Waals surface area contributed by atoms with Crippen LogP contribution in [0.4, 0.5) is 0 Å². The second-order valence-electron chi connectivity index (χ2n) is 5.90.